The lowest BCUT2D eigenvalue weighted by Crippen LogP contribution is -2.46. The molecule has 0 saturated carbocycles. The lowest BCUT2D eigenvalue weighted by molar-refractivity contribution is -0.624. The standard InChI is InChI=1S/C12H18N2O4/c1-5-8-10(12(16)18-4)13-11(15)9(14(8)17)6-7(2)3/h7H,5-6H2,1-4H3,(H,13,15). The van der Waals surface area contributed by atoms with E-state index < -0.39 is 11.5 Å². The van der Waals surface area contributed by atoms with E-state index in [9.17, 15) is 14.8 Å². The number of esters is 1. The number of H-pyrrole nitrogens is 1. The van der Waals surface area contributed by atoms with Crippen LogP contribution in [0.1, 0.15) is 42.6 Å². The Morgan fingerprint density at radius 3 is 2.50 bits per heavy atom. The molecule has 0 aliphatic heterocycles. The molecule has 1 heterocycles. The van der Waals surface area contributed by atoms with Gasteiger partial charge < -0.3 is 14.9 Å². The molecule has 18 heavy (non-hydrogen) atoms. The fourth-order valence-corrected chi connectivity index (χ4v) is 1.77. The third-order valence-corrected chi connectivity index (χ3v) is 2.61. The van der Waals surface area contributed by atoms with Crippen molar-refractivity contribution >= 4 is 5.97 Å². The summed E-state index contributed by atoms with van der Waals surface area (Å²) in [5, 5.41) is 12.1. The van der Waals surface area contributed by atoms with Gasteiger partial charge in [0.25, 0.3) is 5.69 Å². The van der Waals surface area contributed by atoms with Crippen LogP contribution in [0.15, 0.2) is 4.79 Å². The van der Waals surface area contributed by atoms with Crippen LogP contribution in [0, 0.1) is 11.1 Å². The van der Waals surface area contributed by atoms with Crippen LogP contribution in [0.25, 0.3) is 0 Å². The summed E-state index contributed by atoms with van der Waals surface area (Å²) in [5.74, 6) is -0.523. The normalized spacial score (nSPS) is 10.7. The van der Waals surface area contributed by atoms with Crippen molar-refractivity contribution in [1.29, 1.82) is 0 Å². The van der Waals surface area contributed by atoms with E-state index >= 15 is 0 Å². The maximum Gasteiger partial charge on any atom is 0.361 e. The van der Waals surface area contributed by atoms with Crippen LogP contribution < -0.4 is 10.3 Å². The molecule has 0 spiro atoms. The Kier molecular flexibility index (Phi) is 4.47. The highest BCUT2D eigenvalue weighted by Crippen LogP contribution is 2.05. The molecule has 0 aromatic carbocycles. The van der Waals surface area contributed by atoms with Gasteiger partial charge in [0.05, 0.1) is 7.11 Å². The molecule has 0 bridgehead atoms. The van der Waals surface area contributed by atoms with Crippen molar-refractivity contribution < 1.29 is 14.3 Å². The van der Waals surface area contributed by atoms with E-state index in [0.717, 1.165) is 0 Å². The molecule has 6 heteroatoms. The average Bonchev–Trinajstić information content (AvgIpc) is 2.32. The van der Waals surface area contributed by atoms with Gasteiger partial charge in [0.15, 0.2) is 5.69 Å². The zero-order valence-corrected chi connectivity index (χ0v) is 11.1. The Bertz CT molecular complexity index is 506. The van der Waals surface area contributed by atoms with Gasteiger partial charge in [-0.3, -0.25) is 4.79 Å². The molecule has 0 radical (unpaired) electrons. The van der Waals surface area contributed by atoms with Crippen LogP contribution in [0.3, 0.4) is 0 Å². The number of carbonyl (C=O) groups excluding carboxylic acids is 1. The Labute approximate surface area is 105 Å². The van der Waals surface area contributed by atoms with Gasteiger partial charge in [-0.1, -0.05) is 20.8 Å². The SMILES string of the molecule is CCc1c(C(=O)OC)[nH]c(=O)c(CC(C)C)[n+]1[O-]. The average molecular weight is 254 g/mol. The van der Waals surface area contributed by atoms with Crippen LogP contribution in [0.2, 0.25) is 0 Å². The number of aromatic amines is 1. The number of nitrogens with one attached hydrogen (secondary N) is 1. The quantitative estimate of drug-likeness (QED) is 0.483. The van der Waals surface area contributed by atoms with Crippen molar-refractivity contribution in [1.82, 2.24) is 4.98 Å². The minimum atomic E-state index is -0.704. The fraction of sp³-hybridized carbons (Fsp3) is 0.583. The molecule has 1 aromatic rings. The number of hydrogen-bond donors (Lipinski definition) is 1. The summed E-state index contributed by atoms with van der Waals surface area (Å²) in [6, 6.07) is 0. The van der Waals surface area contributed by atoms with E-state index in [2.05, 4.69) is 9.72 Å². The lowest BCUT2D eigenvalue weighted by atomic mass is 10.1. The number of rotatable bonds is 4. The smallest absolute Gasteiger partial charge is 0.361 e. The monoisotopic (exact) mass is 254 g/mol. The largest absolute Gasteiger partial charge is 0.618 e. The van der Waals surface area contributed by atoms with Crippen LogP contribution in [0.5, 0.6) is 0 Å². The van der Waals surface area contributed by atoms with Gasteiger partial charge in [-0.2, -0.15) is 4.73 Å². The van der Waals surface area contributed by atoms with Crippen molar-refractivity contribution in [2.24, 2.45) is 5.92 Å². The molecule has 1 rings (SSSR count). The number of methoxy groups -OCH3 is 1. The highest BCUT2D eigenvalue weighted by molar-refractivity contribution is 5.87. The van der Waals surface area contributed by atoms with Crippen LogP contribution in [0.4, 0.5) is 0 Å². The highest BCUT2D eigenvalue weighted by atomic mass is 16.5. The van der Waals surface area contributed by atoms with Crippen molar-refractivity contribution in [2.75, 3.05) is 7.11 Å². The first-order valence-corrected chi connectivity index (χ1v) is 5.88. The molecule has 0 saturated heterocycles. The predicted molar refractivity (Wildman–Crippen MR) is 65.3 cm³/mol. The molecule has 1 aromatic heterocycles. The molecule has 0 amide bonds. The van der Waals surface area contributed by atoms with Crippen molar-refractivity contribution in [2.45, 2.75) is 33.6 Å². The first-order valence-electron chi connectivity index (χ1n) is 5.88. The minimum absolute atomic E-state index is 0.0625. The second-order valence-electron chi connectivity index (χ2n) is 4.46. The number of carbonyl (C=O) groups is 1. The van der Waals surface area contributed by atoms with Gasteiger partial charge in [-0.05, 0) is 5.92 Å². The topological polar surface area (TPSA) is 86.1 Å². The lowest BCUT2D eigenvalue weighted by Gasteiger charge is -2.11. The zero-order chi connectivity index (χ0) is 13.9. The van der Waals surface area contributed by atoms with E-state index in [1.54, 1.807) is 6.92 Å². The van der Waals surface area contributed by atoms with Gasteiger partial charge in [0, 0.05) is 12.8 Å². The molecule has 0 atom stereocenters. The van der Waals surface area contributed by atoms with Gasteiger partial charge in [0.2, 0.25) is 5.69 Å². The summed E-state index contributed by atoms with van der Waals surface area (Å²) in [6.07, 6.45) is 0.711. The molecule has 0 unspecified atom stereocenters. The summed E-state index contributed by atoms with van der Waals surface area (Å²) in [6.45, 7) is 5.58. The predicted octanol–water partition coefficient (Wildman–Crippen LogP) is 0.556. The first kappa shape index (κ1) is 14.2. The summed E-state index contributed by atoms with van der Waals surface area (Å²) < 4.78 is 5.11. The number of hydrogen-bond acceptors (Lipinski definition) is 4. The maximum atomic E-state index is 12.1. The van der Waals surface area contributed by atoms with Crippen LogP contribution in [-0.2, 0) is 17.6 Å². The second kappa shape index (κ2) is 5.66. The molecular formula is C12H18N2O4. The van der Waals surface area contributed by atoms with Crippen molar-refractivity contribution in [3.8, 4) is 0 Å². The van der Waals surface area contributed by atoms with E-state index in [0.29, 0.717) is 17.6 Å². The summed E-state index contributed by atoms with van der Waals surface area (Å²) in [5.41, 5.74) is -0.226. The minimum Gasteiger partial charge on any atom is -0.618 e. The van der Waals surface area contributed by atoms with E-state index in [-0.39, 0.29) is 23.0 Å². The van der Waals surface area contributed by atoms with E-state index in [1.165, 1.54) is 7.11 Å². The Morgan fingerprint density at radius 2 is 2.06 bits per heavy atom. The Morgan fingerprint density at radius 1 is 1.44 bits per heavy atom. The van der Waals surface area contributed by atoms with E-state index in [1.807, 2.05) is 13.8 Å². The zero-order valence-electron chi connectivity index (χ0n) is 11.1. The third-order valence-electron chi connectivity index (χ3n) is 2.61. The maximum absolute atomic E-state index is 12.1. The first-order chi connectivity index (χ1) is 8.42. The van der Waals surface area contributed by atoms with Gasteiger partial charge in [0.1, 0.15) is 0 Å². The van der Waals surface area contributed by atoms with Crippen LogP contribution >= 0.6 is 0 Å². The van der Waals surface area contributed by atoms with Gasteiger partial charge in [-0.25, -0.2) is 4.79 Å². The molecular weight excluding hydrogens is 236 g/mol. The van der Waals surface area contributed by atoms with Crippen LogP contribution in [-0.4, -0.2) is 18.1 Å². The molecule has 100 valence electrons. The van der Waals surface area contributed by atoms with Gasteiger partial charge >= 0.3 is 11.5 Å². The molecule has 0 fully saturated rings. The fourth-order valence-electron chi connectivity index (χ4n) is 1.77. The second-order valence-corrected chi connectivity index (χ2v) is 4.46. The summed E-state index contributed by atoms with van der Waals surface area (Å²) in [4.78, 5) is 25.7. The molecule has 1 N–H and O–H groups in total. The number of nitrogens with zero attached hydrogens (tertiary/aromatic N) is 1. The number of ether oxygens (including phenoxy) is 1. The Hall–Kier alpha value is -1.85. The number of aromatic nitrogens is 2. The summed E-state index contributed by atoms with van der Waals surface area (Å²) >= 11 is 0. The Balaban J connectivity index is 3.44. The van der Waals surface area contributed by atoms with Gasteiger partial charge in [-0.15, -0.1) is 0 Å². The molecule has 0 aliphatic carbocycles. The molecule has 6 nitrogen and oxygen atoms in total. The summed E-state index contributed by atoms with van der Waals surface area (Å²) in [7, 11) is 1.21. The van der Waals surface area contributed by atoms with E-state index in [4.69, 9.17) is 0 Å². The van der Waals surface area contributed by atoms with Crippen molar-refractivity contribution in [3.05, 3.63) is 32.6 Å². The third kappa shape index (κ3) is 2.69. The van der Waals surface area contributed by atoms with Crippen molar-refractivity contribution in [3.63, 3.8) is 0 Å². The molecule has 0 aliphatic rings. The highest BCUT2D eigenvalue weighted by Gasteiger charge is 2.25.